The third-order valence-corrected chi connectivity index (χ3v) is 5.32. The molecular formula is C17H24N2O2S. The number of hydrogen-bond acceptors (Lipinski definition) is 5. The Bertz CT molecular complexity index is 567. The van der Waals surface area contributed by atoms with E-state index in [2.05, 4.69) is 15.3 Å². The summed E-state index contributed by atoms with van der Waals surface area (Å²) < 4.78 is 5.35. The Labute approximate surface area is 135 Å². The number of rotatable bonds is 5. The summed E-state index contributed by atoms with van der Waals surface area (Å²) in [6, 6.07) is 4.09. The van der Waals surface area contributed by atoms with Crippen molar-refractivity contribution in [3.05, 3.63) is 40.2 Å². The average Bonchev–Trinajstić information content (AvgIpc) is 3.12. The highest BCUT2D eigenvalue weighted by Crippen LogP contribution is 2.28. The van der Waals surface area contributed by atoms with Gasteiger partial charge in [-0.1, -0.05) is 12.8 Å². The van der Waals surface area contributed by atoms with E-state index in [9.17, 15) is 5.11 Å². The van der Waals surface area contributed by atoms with E-state index in [1.807, 2.05) is 19.1 Å². The van der Waals surface area contributed by atoms with E-state index in [-0.39, 0.29) is 0 Å². The van der Waals surface area contributed by atoms with Gasteiger partial charge in [-0.25, -0.2) is 4.98 Å². The molecule has 3 rings (SSSR count). The van der Waals surface area contributed by atoms with Crippen molar-refractivity contribution in [2.45, 2.75) is 57.7 Å². The maximum absolute atomic E-state index is 10.4. The molecule has 2 aromatic rings. The molecular weight excluding hydrogens is 296 g/mol. The highest BCUT2D eigenvalue weighted by atomic mass is 32.1. The molecule has 0 aromatic carbocycles. The lowest BCUT2D eigenvalue weighted by atomic mass is 10.0. The zero-order valence-electron chi connectivity index (χ0n) is 13.1. The van der Waals surface area contributed by atoms with Crippen molar-refractivity contribution in [3.63, 3.8) is 0 Å². The quantitative estimate of drug-likeness (QED) is 0.907. The van der Waals surface area contributed by atoms with Crippen LogP contribution in [0.25, 0.3) is 0 Å². The van der Waals surface area contributed by atoms with Gasteiger partial charge in [-0.05, 0) is 44.9 Å². The summed E-state index contributed by atoms with van der Waals surface area (Å²) in [4.78, 5) is 7.09. The molecule has 0 amide bonds. The van der Waals surface area contributed by atoms with Crippen LogP contribution in [0.2, 0.25) is 0 Å². The van der Waals surface area contributed by atoms with Crippen molar-refractivity contribution in [1.82, 2.24) is 9.88 Å². The normalized spacial score (nSPS) is 21.6. The van der Waals surface area contributed by atoms with Crippen molar-refractivity contribution >= 4 is 11.3 Å². The van der Waals surface area contributed by atoms with Crippen LogP contribution in [-0.2, 0) is 6.54 Å². The summed E-state index contributed by atoms with van der Waals surface area (Å²) in [5.41, 5.74) is 1.10. The molecule has 0 radical (unpaired) electrons. The molecule has 0 aliphatic carbocycles. The Morgan fingerprint density at radius 1 is 1.45 bits per heavy atom. The number of nitrogens with zero attached hydrogens (tertiary/aromatic N) is 2. The number of aliphatic hydroxyl groups excluding tert-OH is 1. The van der Waals surface area contributed by atoms with Crippen molar-refractivity contribution in [1.29, 1.82) is 0 Å². The standard InChI is InChI=1S/C17H24N2O2S/c1-13-12-22-17(18-13)11-19-8-4-2-3-6-14(19)10-15(20)16-7-5-9-21-16/h5,7,9,12,14-15,20H,2-4,6,8,10-11H2,1H3/t14-,15+/m0/s1. The fraction of sp³-hybridized carbons (Fsp3) is 0.588. The van der Waals surface area contributed by atoms with E-state index in [1.165, 1.54) is 24.3 Å². The van der Waals surface area contributed by atoms with Crippen LogP contribution in [0.3, 0.4) is 0 Å². The van der Waals surface area contributed by atoms with E-state index in [0.29, 0.717) is 11.8 Å². The summed E-state index contributed by atoms with van der Waals surface area (Å²) in [7, 11) is 0. The number of likely N-dealkylation sites (tertiary alicyclic amines) is 1. The molecule has 1 fully saturated rings. The zero-order valence-corrected chi connectivity index (χ0v) is 13.9. The SMILES string of the molecule is Cc1csc(CN2CCCCC[C@H]2C[C@@H](O)c2ccco2)n1. The number of aromatic nitrogens is 1. The van der Waals surface area contributed by atoms with Gasteiger partial charge in [-0.2, -0.15) is 0 Å². The number of aliphatic hydroxyl groups is 1. The monoisotopic (exact) mass is 320 g/mol. The Kier molecular flexibility index (Phi) is 5.28. The fourth-order valence-electron chi connectivity index (χ4n) is 3.22. The molecule has 2 aromatic heterocycles. The van der Waals surface area contributed by atoms with Gasteiger partial charge in [-0.15, -0.1) is 11.3 Å². The molecule has 1 saturated heterocycles. The second-order valence-electron chi connectivity index (χ2n) is 6.12. The molecule has 0 saturated carbocycles. The number of hydrogen-bond donors (Lipinski definition) is 1. The van der Waals surface area contributed by atoms with Gasteiger partial charge in [0.2, 0.25) is 0 Å². The Hall–Kier alpha value is -1.17. The molecule has 0 spiro atoms. The second kappa shape index (κ2) is 7.40. The largest absolute Gasteiger partial charge is 0.467 e. The summed E-state index contributed by atoms with van der Waals surface area (Å²) in [5, 5.41) is 13.7. The highest BCUT2D eigenvalue weighted by molar-refractivity contribution is 7.09. The summed E-state index contributed by atoms with van der Waals surface area (Å²) >= 11 is 1.73. The van der Waals surface area contributed by atoms with Gasteiger partial charge in [0.25, 0.3) is 0 Å². The molecule has 2 atom stereocenters. The molecule has 3 heterocycles. The average molecular weight is 320 g/mol. The van der Waals surface area contributed by atoms with Gasteiger partial charge < -0.3 is 9.52 Å². The number of aryl methyl sites for hydroxylation is 1. The molecule has 22 heavy (non-hydrogen) atoms. The van der Waals surface area contributed by atoms with Crippen LogP contribution in [0, 0.1) is 6.92 Å². The van der Waals surface area contributed by atoms with Crippen LogP contribution in [0.5, 0.6) is 0 Å². The number of thiazole rings is 1. The van der Waals surface area contributed by atoms with Crippen LogP contribution in [0.1, 0.15) is 54.7 Å². The van der Waals surface area contributed by atoms with Crippen LogP contribution < -0.4 is 0 Å². The minimum atomic E-state index is -0.515. The van der Waals surface area contributed by atoms with Gasteiger partial charge in [0.1, 0.15) is 16.9 Å². The van der Waals surface area contributed by atoms with E-state index >= 15 is 0 Å². The van der Waals surface area contributed by atoms with Crippen LogP contribution >= 0.6 is 11.3 Å². The van der Waals surface area contributed by atoms with E-state index in [0.717, 1.165) is 31.6 Å². The summed E-state index contributed by atoms with van der Waals surface area (Å²) in [5.74, 6) is 0.675. The maximum Gasteiger partial charge on any atom is 0.132 e. The first-order valence-corrected chi connectivity index (χ1v) is 8.97. The molecule has 1 N–H and O–H groups in total. The Morgan fingerprint density at radius 3 is 3.09 bits per heavy atom. The topological polar surface area (TPSA) is 49.5 Å². The van der Waals surface area contributed by atoms with Gasteiger partial charge in [0.05, 0.1) is 12.8 Å². The molecule has 120 valence electrons. The minimum Gasteiger partial charge on any atom is -0.467 e. The van der Waals surface area contributed by atoms with E-state index in [1.54, 1.807) is 17.6 Å². The lowest BCUT2D eigenvalue weighted by molar-refractivity contribution is 0.0830. The number of furan rings is 1. The zero-order chi connectivity index (χ0) is 15.4. The minimum absolute atomic E-state index is 0.395. The third kappa shape index (κ3) is 3.97. The first kappa shape index (κ1) is 15.7. The van der Waals surface area contributed by atoms with E-state index < -0.39 is 6.10 Å². The summed E-state index contributed by atoms with van der Waals surface area (Å²) in [6.45, 7) is 4.03. The molecule has 1 aliphatic rings. The molecule has 0 unspecified atom stereocenters. The van der Waals surface area contributed by atoms with Gasteiger partial charge in [-0.3, -0.25) is 4.90 Å². The lowest BCUT2D eigenvalue weighted by Crippen LogP contribution is -2.35. The third-order valence-electron chi connectivity index (χ3n) is 4.37. The van der Waals surface area contributed by atoms with Gasteiger partial charge >= 0.3 is 0 Å². The highest BCUT2D eigenvalue weighted by Gasteiger charge is 2.25. The van der Waals surface area contributed by atoms with E-state index in [4.69, 9.17) is 4.42 Å². The van der Waals surface area contributed by atoms with Crippen molar-refractivity contribution in [2.24, 2.45) is 0 Å². The summed E-state index contributed by atoms with van der Waals surface area (Å²) in [6.07, 6.45) is 6.74. The first-order valence-electron chi connectivity index (χ1n) is 8.09. The molecule has 5 heteroatoms. The van der Waals surface area contributed by atoms with Crippen LogP contribution in [0.15, 0.2) is 28.2 Å². The van der Waals surface area contributed by atoms with Gasteiger partial charge in [0.15, 0.2) is 0 Å². The Morgan fingerprint density at radius 2 is 2.36 bits per heavy atom. The van der Waals surface area contributed by atoms with Crippen LogP contribution in [0.4, 0.5) is 0 Å². The van der Waals surface area contributed by atoms with Crippen molar-refractivity contribution in [2.75, 3.05) is 6.54 Å². The van der Waals surface area contributed by atoms with Crippen LogP contribution in [-0.4, -0.2) is 27.6 Å². The van der Waals surface area contributed by atoms with Crippen molar-refractivity contribution < 1.29 is 9.52 Å². The molecule has 4 nitrogen and oxygen atoms in total. The van der Waals surface area contributed by atoms with Gasteiger partial charge in [0, 0.05) is 17.1 Å². The second-order valence-corrected chi connectivity index (χ2v) is 7.07. The maximum atomic E-state index is 10.4. The predicted octanol–water partition coefficient (Wildman–Crippen LogP) is 3.91. The lowest BCUT2D eigenvalue weighted by Gasteiger charge is -2.30. The first-order chi connectivity index (χ1) is 10.7. The predicted molar refractivity (Wildman–Crippen MR) is 87.8 cm³/mol. The molecule has 1 aliphatic heterocycles. The van der Waals surface area contributed by atoms with Crippen molar-refractivity contribution in [3.8, 4) is 0 Å². The fourth-order valence-corrected chi connectivity index (χ4v) is 4.01. The Balaban J connectivity index is 1.67. The smallest absolute Gasteiger partial charge is 0.132 e. The molecule has 0 bridgehead atoms.